The van der Waals surface area contributed by atoms with Crippen molar-refractivity contribution in [3.05, 3.63) is 33.1 Å². The minimum Gasteiger partial charge on any atom is -0.394 e. The molecule has 5 N–H and O–H groups in total. The second-order valence-electron chi connectivity index (χ2n) is 4.16. The number of aliphatic hydroxyl groups is 2. The van der Waals surface area contributed by atoms with Crippen LogP contribution in [-0.2, 0) is 4.74 Å². The molecule has 0 radical (unpaired) electrons. The highest BCUT2D eigenvalue weighted by Crippen LogP contribution is 2.32. The number of nitrogens with one attached hydrogen (secondary N) is 1. The molecule has 1 aromatic rings. The molecule has 0 spiro atoms. The Labute approximate surface area is 102 Å². The molecule has 0 saturated carbocycles. The van der Waals surface area contributed by atoms with Gasteiger partial charge in [-0.25, -0.2) is 4.79 Å². The van der Waals surface area contributed by atoms with E-state index in [0.29, 0.717) is 0 Å². The van der Waals surface area contributed by atoms with Crippen molar-refractivity contribution in [1.82, 2.24) is 9.55 Å². The van der Waals surface area contributed by atoms with Crippen molar-refractivity contribution in [3.63, 3.8) is 0 Å². The highest BCUT2D eigenvalue weighted by molar-refractivity contribution is 4.93. The molecule has 1 aliphatic rings. The molecule has 0 unspecified atom stereocenters. The molecule has 0 bridgehead atoms. The van der Waals surface area contributed by atoms with Crippen LogP contribution in [0.4, 0.5) is 0 Å². The molecule has 2 heterocycles. The maximum Gasteiger partial charge on any atom is 0.330 e. The first-order chi connectivity index (χ1) is 8.58. The molecule has 1 aromatic heterocycles. The van der Waals surface area contributed by atoms with E-state index in [2.05, 4.69) is 4.98 Å². The summed E-state index contributed by atoms with van der Waals surface area (Å²) in [5, 5.41) is 18.9. The maximum absolute atomic E-state index is 11.6. The van der Waals surface area contributed by atoms with Gasteiger partial charge in [0.05, 0.1) is 12.7 Å². The summed E-state index contributed by atoms with van der Waals surface area (Å²) in [6, 6.07) is 1.18. The molecule has 0 aromatic carbocycles. The van der Waals surface area contributed by atoms with E-state index in [1.807, 2.05) is 0 Å². The van der Waals surface area contributed by atoms with Crippen LogP contribution in [0.2, 0.25) is 0 Å². The minimum absolute atomic E-state index is 0.0912. The Balaban J connectivity index is 2.38. The van der Waals surface area contributed by atoms with Crippen LogP contribution in [0.5, 0.6) is 0 Å². The Morgan fingerprint density at radius 2 is 2.22 bits per heavy atom. The molecule has 1 saturated heterocycles. The Hall–Kier alpha value is -1.48. The number of nitrogens with zero attached hydrogens (tertiary/aromatic N) is 1. The smallest absolute Gasteiger partial charge is 0.330 e. The number of hydrogen-bond acceptors (Lipinski definition) is 6. The molecule has 8 heteroatoms. The standard InChI is InChI=1S/C10H15N3O5/c11-3-5-8(16)6(4-14)18-9(5)13-2-1-7(15)12-10(13)17/h1-2,5-6,8-9,14,16H,3-4,11H2,(H,12,15,17)/t5-,6-,8+,9-/m1/s1. The average molecular weight is 257 g/mol. The first-order valence-corrected chi connectivity index (χ1v) is 5.54. The minimum atomic E-state index is -0.955. The Bertz CT molecular complexity index is 525. The summed E-state index contributed by atoms with van der Waals surface area (Å²) < 4.78 is 6.54. The second-order valence-corrected chi connectivity index (χ2v) is 4.16. The quantitative estimate of drug-likeness (QED) is 0.468. The predicted octanol–water partition coefficient (Wildman–Crippen LogP) is -2.64. The van der Waals surface area contributed by atoms with Crippen molar-refractivity contribution in [2.75, 3.05) is 13.2 Å². The number of ether oxygens (including phenoxy) is 1. The summed E-state index contributed by atoms with van der Waals surface area (Å²) in [4.78, 5) is 24.7. The van der Waals surface area contributed by atoms with Crippen LogP contribution in [0.25, 0.3) is 0 Å². The van der Waals surface area contributed by atoms with Crippen molar-refractivity contribution < 1.29 is 14.9 Å². The van der Waals surface area contributed by atoms with E-state index >= 15 is 0 Å². The molecule has 18 heavy (non-hydrogen) atoms. The summed E-state index contributed by atoms with van der Waals surface area (Å²) in [6.07, 6.45) is -1.27. The number of aliphatic hydroxyl groups excluding tert-OH is 2. The van der Waals surface area contributed by atoms with Gasteiger partial charge in [-0.2, -0.15) is 0 Å². The van der Waals surface area contributed by atoms with Crippen LogP contribution in [0.3, 0.4) is 0 Å². The third-order valence-corrected chi connectivity index (χ3v) is 3.08. The monoisotopic (exact) mass is 257 g/mol. The van der Waals surface area contributed by atoms with Crippen molar-refractivity contribution in [3.8, 4) is 0 Å². The molecular formula is C10H15N3O5. The van der Waals surface area contributed by atoms with Gasteiger partial charge < -0.3 is 20.7 Å². The fourth-order valence-electron chi connectivity index (χ4n) is 2.11. The van der Waals surface area contributed by atoms with Gasteiger partial charge in [0.15, 0.2) is 0 Å². The molecule has 8 nitrogen and oxygen atoms in total. The fourth-order valence-corrected chi connectivity index (χ4v) is 2.11. The van der Waals surface area contributed by atoms with Gasteiger partial charge in [0.2, 0.25) is 0 Å². The van der Waals surface area contributed by atoms with E-state index in [-0.39, 0.29) is 13.2 Å². The number of H-pyrrole nitrogens is 1. The Morgan fingerprint density at radius 3 is 2.78 bits per heavy atom. The third-order valence-electron chi connectivity index (χ3n) is 3.08. The van der Waals surface area contributed by atoms with Gasteiger partial charge in [-0.1, -0.05) is 0 Å². The summed E-state index contributed by atoms with van der Waals surface area (Å²) in [5.41, 5.74) is 4.38. The van der Waals surface area contributed by atoms with Gasteiger partial charge in [-0.05, 0) is 0 Å². The van der Waals surface area contributed by atoms with Crippen molar-refractivity contribution in [1.29, 1.82) is 0 Å². The lowest BCUT2D eigenvalue weighted by Gasteiger charge is -2.19. The van der Waals surface area contributed by atoms with Crippen LogP contribution in [0.1, 0.15) is 6.23 Å². The van der Waals surface area contributed by atoms with E-state index in [0.717, 1.165) is 4.57 Å². The summed E-state index contributed by atoms with van der Waals surface area (Å²) >= 11 is 0. The summed E-state index contributed by atoms with van der Waals surface area (Å²) in [6.45, 7) is -0.278. The Kier molecular flexibility index (Phi) is 3.62. The summed E-state index contributed by atoms with van der Waals surface area (Å²) in [5.74, 6) is -0.522. The zero-order chi connectivity index (χ0) is 13.3. The molecule has 0 amide bonds. The maximum atomic E-state index is 11.6. The number of aromatic nitrogens is 2. The van der Waals surface area contributed by atoms with Crippen molar-refractivity contribution >= 4 is 0 Å². The third kappa shape index (κ3) is 2.10. The molecule has 100 valence electrons. The molecule has 0 aliphatic carbocycles. The van der Waals surface area contributed by atoms with Gasteiger partial charge >= 0.3 is 5.69 Å². The number of aromatic amines is 1. The van der Waals surface area contributed by atoms with Crippen LogP contribution < -0.4 is 17.0 Å². The number of hydrogen-bond donors (Lipinski definition) is 4. The molecule has 4 atom stereocenters. The van der Waals surface area contributed by atoms with E-state index in [1.165, 1.54) is 12.3 Å². The number of rotatable bonds is 3. The first kappa shape index (κ1) is 13.0. The zero-order valence-electron chi connectivity index (χ0n) is 9.52. The van der Waals surface area contributed by atoms with Crippen LogP contribution >= 0.6 is 0 Å². The zero-order valence-corrected chi connectivity index (χ0v) is 9.52. The SMILES string of the molecule is NC[C@@H]1[C@H](O)[C@@H](CO)O[C@H]1n1ccc(=O)[nH]c1=O. The highest BCUT2D eigenvalue weighted by Gasteiger charge is 2.43. The molecule has 1 aliphatic heterocycles. The van der Waals surface area contributed by atoms with Gasteiger partial charge in [-0.3, -0.25) is 14.3 Å². The normalized spacial score (nSPS) is 31.7. The second kappa shape index (κ2) is 5.02. The lowest BCUT2D eigenvalue weighted by atomic mass is 10.00. The fraction of sp³-hybridized carbons (Fsp3) is 0.600. The highest BCUT2D eigenvalue weighted by atomic mass is 16.5. The molecular weight excluding hydrogens is 242 g/mol. The van der Waals surface area contributed by atoms with E-state index in [4.69, 9.17) is 15.6 Å². The van der Waals surface area contributed by atoms with E-state index < -0.39 is 35.6 Å². The van der Waals surface area contributed by atoms with Gasteiger partial charge in [-0.15, -0.1) is 0 Å². The van der Waals surface area contributed by atoms with Crippen molar-refractivity contribution in [2.45, 2.75) is 18.4 Å². The first-order valence-electron chi connectivity index (χ1n) is 5.54. The van der Waals surface area contributed by atoms with Crippen LogP contribution in [-0.4, -0.2) is 45.1 Å². The molecule has 1 fully saturated rings. The number of nitrogens with two attached hydrogens (primary N) is 1. The van der Waals surface area contributed by atoms with Gasteiger partial charge in [0.1, 0.15) is 12.3 Å². The van der Waals surface area contributed by atoms with E-state index in [1.54, 1.807) is 0 Å². The van der Waals surface area contributed by atoms with Crippen LogP contribution in [0, 0.1) is 5.92 Å². The van der Waals surface area contributed by atoms with Gasteiger partial charge in [0.25, 0.3) is 5.56 Å². The lowest BCUT2D eigenvalue weighted by molar-refractivity contribution is -0.0479. The average Bonchev–Trinajstić information content (AvgIpc) is 2.65. The topological polar surface area (TPSA) is 131 Å². The van der Waals surface area contributed by atoms with Crippen molar-refractivity contribution in [2.24, 2.45) is 11.7 Å². The van der Waals surface area contributed by atoms with Crippen LogP contribution in [0.15, 0.2) is 21.9 Å². The largest absolute Gasteiger partial charge is 0.394 e. The lowest BCUT2D eigenvalue weighted by Crippen LogP contribution is -2.37. The Morgan fingerprint density at radius 1 is 1.50 bits per heavy atom. The summed E-state index contributed by atoms with van der Waals surface area (Å²) in [7, 11) is 0. The van der Waals surface area contributed by atoms with Gasteiger partial charge in [0, 0.05) is 24.7 Å². The molecule has 2 rings (SSSR count). The predicted molar refractivity (Wildman–Crippen MR) is 60.9 cm³/mol. The van der Waals surface area contributed by atoms with E-state index in [9.17, 15) is 14.7 Å².